The highest BCUT2D eigenvalue weighted by Crippen LogP contribution is 2.32. The van der Waals surface area contributed by atoms with Crippen molar-refractivity contribution >= 4 is 0 Å². The van der Waals surface area contributed by atoms with Crippen molar-refractivity contribution in [2.45, 2.75) is 44.7 Å². The van der Waals surface area contributed by atoms with Crippen LogP contribution >= 0.6 is 0 Å². The number of aromatic nitrogens is 1. The summed E-state index contributed by atoms with van der Waals surface area (Å²) in [5, 5.41) is 0. The lowest BCUT2D eigenvalue weighted by Crippen LogP contribution is -2.29. The van der Waals surface area contributed by atoms with E-state index in [1.165, 1.54) is 24.1 Å². The molecule has 0 spiro atoms. The van der Waals surface area contributed by atoms with Gasteiger partial charge >= 0.3 is 0 Å². The first-order valence-electron chi connectivity index (χ1n) is 6.24. The molecule has 3 rings (SSSR count). The van der Waals surface area contributed by atoms with Crippen molar-refractivity contribution in [1.29, 1.82) is 0 Å². The molecule has 0 saturated heterocycles. The van der Waals surface area contributed by atoms with E-state index in [4.69, 9.17) is 5.73 Å². The Hall–Kier alpha value is -1.09. The number of hydrogen-bond acceptors (Lipinski definition) is 2. The smallest absolute Gasteiger partial charge is 0.250 e. The molecule has 0 unspecified atom stereocenters. The molecule has 1 heterocycles. The molecule has 0 bridgehead atoms. The van der Waals surface area contributed by atoms with Gasteiger partial charge in [0.25, 0.3) is 5.56 Å². The van der Waals surface area contributed by atoms with Crippen molar-refractivity contribution in [3.63, 3.8) is 0 Å². The number of nitrogens with two attached hydrogens (primary N) is 1. The maximum absolute atomic E-state index is 11.9. The topological polar surface area (TPSA) is 48.0 Å². The summed E-state index contributed by atoms with van der Waals surface area (Å²) in [5.41, 5.74) is 8.66. The van der Waals surface area contributed by atoms with E-state index in [-0.39, 0.29) is 11.6 Å². The maximum Gasteiger partial charge on any atom is 0.250 e. The number of fused-ring (bicyclic) bond motifs is 1. The predicted molar refractivity (Wildman–Crippen MR) is 63.3 cm³/mol. The number of pyridine rings is 1. The zero-order valence-electron chi connectivity index (χ0n) is 9.48. The van der Waals surface area contributed by atoms with Crippen LogP contribution in [0, 0.1) is 5.92 Å². The van der Waals surface area contributed by atoms with Crippen LogP contribution in [0.3, 0.4) is 0 Å². The van der Waals surface area contributed by atoms with Crippen LogP contribution in [0.2, 0.25) is 0 Å². The van der Waals surface area contributed by atoms with Crippen LogP contribution in [0.1, 0.15) is 43.0 Å². The SMILES string of the molecule is N[C@H]1CCCc2c1ccc(=O)n2CC1CC1. The standard InChI is InChI=1S/C13H18N2O/c14-11-2-1-3-12-10(11)6-7-13(16)15(12)8-9-4-5-9/h6-7,9,11H,1-5,8,14H2/t11-/m0/s1. The summed E-state index contributed by atoms with van der Waals surface area (Å²) in [4.78, 5) is 11.9. The lowest BCUT2D eigenvalue weighted by atomic mass is 9.91. The third kappa shape index (κ3) is 1.69. The van der Waals surface area contributed by atoms with Crippen LogP contribution in [0.15, 0.2) is 16.9 Å². The van der Waals surface area contributed by atoms with Crippen LogP contribution < -0.4 is 11.3 Å². The summed E-state index contributed by atoms with van der Waals surface area (Å²) >= 11 is 0. The van der Waals surface area contributed by atoms with E-state index in [2.05, 4.69) is 0 Å². The molecule has 3 heteroatoms. The summed E-state index contributed by atoms with van der Waals surface area (Å²) < 4.78 is 1.98. The first-order chi connectivity index (χ1) is 7.75. The van der Waals surface area contributed by atoms with Crippen LogP contribution in [0.5, 0.6) is 0 Å². The van der Waals surface area contributed by atoms with Gasteiger partial charge in [-0.15, -0.1) is 0 Å². The molecule has 0 aliphatic heterocycles. The van der Waals surface area contributed by atoms with E-state index in [1.54, 1.807) is 6.07 Å². The largest absolute Gasteiger partial charge is 0.324 e. The molecule has 2 N–H and O–H groups in total. The zero-order chi connectivity index (χ0) is 11.1. The minimum Gasteiger partial charge on any atom is -0.324 e. The summed E-state index contributed by atoms with van der Waals surface area (Å²) in [7, 11) is 0. The van der Waals surface area contributed by atoms with Crippen molar-refractivity contribution < 1.29 is 0 Å². The molecule has 2 aliphatic carbocycles. The molecule has 0 radical (unpaired) electrons. The van der Waals surface area contributed by atoms with E-state index in [1.807, 2.05) is 10.6 Å². The van der Waals surface area contributed by atoms with Gasteiger partial charge in [-0.1, -0.05) is 6.07 Å². The molecule has 0 amide bonds. The highest BCUT2D eigenvalue weighted by molar-refractivity contribution is 5.27. The molecule has 86 valence electrons. The molecule has 1 saturated carbocycles. The lowest BCUT2D eigenvalue weighted by Gasteiger charge is -2.25. The lowest BCUT2D eigenvalue weighted by molar-refractivity contribution is 0.503. The van der Waals surface area contributed by atoms with Crippen molar-refractivity contribution in [1.82, 2.24) is 4.57 Å². The van der Waals surface area contributed by atoms with Crippen LogP contribution in [-0.4, -0.2) is 4.57 Å². The highest BCUT2D eigenvalue weighted by atomic mass is 16.1. The van der Waals surface area contributed by atoms with Gasteiger partial charge in [-0.25, -0.2) is 0 Å². The molecule has 1 aromatic heterocycles. The fraction of sp³-hybridized carbons (Fsp3) is 0.615. The van der Waals surface area contributed by atoms with Gasteiger partial charge in [0.1, 0.15) is 0 Å². The molecule has 1 atom stereocenters. The zero-order valence-corrected chi connectivity index (χ0v) is 9.48. The van der Waals surface area contributed by atoms with E-state index in [9.17, 15) is 4.79 Å². The van der Waals surface area contributed by atoms with Crippen molar-refractivity contribution in [2.24, 2.45) is 11.7 Å². The van der Waals surface area contributed by atoms with Crippen LogP contribution in [0.25, 0.3) is 0 Å². The van der Waals surface area contributed by atoms with Gasteiger partial charge < -0.3 is 10.3 Å². The summed E-state index contributed by atoms with van der Waals surface area (Å²) in [6, 6.07) is 3.76. The monoisotopic (exact) mass is 218 g/mol. The highest BCUT2D eigenvalue weighted by Gasteiger charge is 2.26. The Labute approximate surface area is 95.3 Å². The van der Waals surface area contributed by atoms with E-state index in [0.29, 0.717) is 0 Å². The van der Waals surface area contributed by atoms with Crippen molar-refractivity contribution in [2.75, 3.05) is 0 Å². The van der Waals surface area contributed by atoms with E-state index < -0.39 is 0 Å². The van der Waals surface area contributed by atoms with Gasteiger partial charge in [0.05, 0.1) is 0 Å². The van der Waals surface area contributed by atoms with Gasteiger partial charge in [-0.2, -0.15) is 0 Å². The Kier molecular flexibility index (Phi) is 2.36. The molecular weight excluding hydrogens is 200 g/mol. The first kappa shape index (κ1) is 10.1. The first-order valence-corrected chi connectivity index (χ1v) is 6.24. The van der Waals surface area contributed by atoms with Gasteiger partial charge in [0, 0.05) is 24.3 Å². The molecule has 3 nitrogen and oxygen atoms in total. The van der Waals surface area contributed by atoms with Gasteiger partial charge in [0.2, 0.25) is 0 Å². The van der Waals surface area contributed by atoms with Crippen LogP contribution in [-0.2, 0) is 13.0 Å². The normalized spacial score (nSPS) is 24.2. The Morgan fingerprint density at radius 2 is 2.12 bits per heavy atom. The Balaban J connectivity index is 2.06. The predicted octanol–water partition coefficient (Wildman–Crippen LogP) is 1.59. The molecule has 1 fully saturated rings. The average Bonchev–Trinajstić information content (AvgIpc) is 3.07. The third-order valence-corrected chi connectivity index (χ3v) is 3.80. The average molecular weight is 218 g/mol. The molecule has 0 aromatic carbocycles. The second-order valence-electron chi connectivity index (χ2n) is 5.13. The van der Waals surface area contributed by atoms with Crippen LogP contribution in [0.4, 0.5) is 0 Å². The minimum atomic E-state index is 0.134. The Morgan fingerprint density at radius 1 is 1.31 bits per heavy atom. The quantitative estimate of drug-likeness (QED) is 0.819. The summed E-state index contributed by atoms with van der Waals surface area (Å²) in [6.07, 6.45) is 5.74. The van der Waals surface area contributed by atoms with Crippen molar-refractivity contribution in [3.05, 3.63) is 33.7 Å². The minimum absolute atomic E-state index is 0.134. The van der Waals surface area contributed by atoms with Crippen molar-refractivity contribution in [3.8, 4) is 0 Å². The van der Waals surface area contributed by atoms with Gasteiger partial charge in [-0.05, 0) is 43.6 Å². The number of rotatable bonds is 2. The summed E-state index contributed by atoms with van der Waals surface area (Å²) in [6.45, 7) is 0.911. The number of nitrogens with zero attached hydrogens (tertiary/aromatic N) is 1. The Morgan fingerprint density at radius 3 is 2.88 bits per heavy atom. The fourth-order valence-corrected chi connectivity index (χ4v) is 2.66. The number of hydrogen-bond donors (Lipinski definition) is 1. The molecular formula is C13H18N2O. The molecule has 2 aliphatic rings. The summed E-state index contributed by atoms with van der Waals surface area (Å²) in [5.74, 6) is 0.738. The molecule has 16 heavy (non-hydrogen) atoms. The van der Waals surface area contributed by atoms with E-state index in [0.717, 1.165) is 31.7 Å². The Bertz CT molecular complexity index is 459. The third-order valence-electron chi connectivity index (χ3n) is 3.80. The second-order valence-corrected chi connectivity index (χ2v) is 5.13. The van der Waals surface area contributed by atoms with Gasteiger partial charge in [0.15, 0.2) is 0 Å². The molecule has 1 aromatic rings. The maximum atomic E-state index is 11.9. The van der Waals surface area contributed by atoms with E-state index >= 15 is 0 Å². The second kappa shape index (κ2) is 3.74. The fourth-order valence-electron chi connectivity index (χ4n) is 2.66. The van der Waals surface area contributed by atoms with Gasteiger partial charge in [-0.3, -0.25) is 4.79 Å².